The summed E-state index contributed by atoms with van der Waals surface area (Å²) in [6.45, 7) is 4.37. The van der Waals surface area contributed by atoms with Crippen molar-refractivity contribution in [2.75, 3.05) is 13.1 Å². The number of pyridine rings is 1. The molecule has 2 N–H and O–H groups in total. The van der Waals surface area contributed by atoms with Crippen molar-refractivity contribution < 1.29 is 9.29 Å². The molecular formula is C23H24FN6O+. The number of hydrogen-bond acceptors (Lipinski definition) is 4. The third-order valence-electron chi connectivity index (χ3n) is 6.06. The van der Waals surface area contributed by atoms with Gasteiger partial charge in [0.15, 0.2) is 6.04 Å². The topological polar surface area (TPSA) is 80.9 Å². The summed E-state index contributed by atoms with van der Waals surface area (Å²) in [7, 11) is 0. The summed E-state index contributed by atoms with van der Waals surface area (Å²) in [6.07, 6.45) is 2.21. The van der Waals surface area contributed by atoms with Crippen LogP contribution >= 0.6 is 0 Å². The Kier molecular flexibility index (Phi) is 5.07. The Morgan fingerprint density at radius 1 is 1.13 bits per heavy atom. The van der Waals surface area contributed by atoms with Crippen LogP contribution in [0.5, 0.6) is 0 Å². The molecule has 1 aliphatic rings. The zero-order chi connectivity index (χ0) is 21.4. The van der Waals surface area contributed by atoms with Gasteiger partial charge in [-0.3, -0.25) is 4.79 Å². The molecule has 7 nitrogen and oxygen atoms in total. The zero-order valence-electron chi connectivity index (χ0n) is 17.3. The average Bonchev–Trinajstić information content (AvgIpc) is 3.44. The Morgan fingerprint density at radius 2 is 1.90 bits per heavy atom. The van der Waals surface area contributed by atoms with Crippen LogP contribution in [0.2, 0.25) is 0 Å². The molecule has 158 valence electrons. The summed E-state index contributed by atoms with van der Waals surface area (Å²) in [4.78, 5) is 17.5. The molecule has 1 saturated heterocycles. The summed E-state index contributed by atoms with van der Waals surface area (Å²) in [6, 6.07) is 14.0. The second-order valence-electron chi connectivity index (χ2n) is 8.26. The molecule has 2 aromatic carbocycles. The molecule has 1 aliphatic heterocycles. The molecule has 5 rings (SSSR count). The lowest BCUT2D eigenvalue weighted by Crippen LogP contribution is -3.10. The highest BCUT2D eigenvalue weighted by atomic mass is 19.1. The number of halogens is 1. The Labute approximate surface area is 178 Å². The highest BCUT2D eigenvalue weighted by molar-refractivity contribution is 5.79. The van der Waals surface area contributed by atoms with Crippen LogP contribution < -0.4 is 10.5 Å². The average molecular weight is 419 g/mol. The van der Waals surface area contributed by atoms with Crippen LogP contribution in [0.1, 0.15) is 41.4 Å². The molecule has 4 aromatic rings. The first-order chi connectivity index (χ1) is 15.1. The number of likely N-dealkylation sites (tertiary alicyclic amines) is 1. The predicted molar refractivity (Wildman–Crippen MR) is 114 cm³/mol. The molecule has 0 amide bonds. The molecule has 2 aromatic heterocycles. The van der Waals surface area contributed by atoms with Gasteiger partial charge in [-0.2, -0.15) is 0 Å². The van der Waals surface area contributed by atoms with E-state index in [0.717, 1.165) is 48.0 Å². The molecule has 0 aliphatic carbocycles. The van der Waals surface area contributed by atoms with Crippen molar-refractivity contribution in [2.45, 2.75) is 32.4 Å². The minimum atomic E-state index is -0.280. The van der Waals surface area contributed by atoms with Gasteiger partial charge in [0.1, 0.15) is 5.82 Å². The number of aromatic amines is 1. The van der Waals surface area contributed by atoms with Crippen LogP contribution in [0.25, 0.3) is 10.9 Å². The number of rotatable bonds is 5. The highest BCUT2D eigenvalue weighted by Crippen LogP contribution is 2.20. The quantitative estimate of drug-likeness (QED) is 0.517. The standard InChI is InChI=1S/C23H23FN6O/c1-15-4-9-20-17(12-15)13-19(23(31)25-20)21(29-10-2-3-11-29)22-26-27-28-30(22)14-16-5-7-18(24)8-6-16/h4-9,12-13,21H,2-3,10-11,14H2,1H3,(H,25,31)/p+1/t21-/m1/s1. The van der Waals surface area contributed by atoms with E-state index in [0.29, 0.717) is 17.9 Å². The molecular weight excluding hydrogens is 395 g/mol. The SMILES string of the molecule is Cc1ccc2[nH]c(=O)c([C@H](c3nnnn3Cc3ccc(F)cc3)[NH+]3CCCC3)cc2c1. The molecule has 8 heteroatoms. The van der Waals surface area contributed by atoms with Crippen LogP contribution in [-0.2, 0) is 6.54 Å². The van der Waals surface area contributed by atoms with E-state index in [1.165, 1.54) is 17.0 Å². The van der Waals surface area contributed by atoms with Crippen LogP contribution in [0.3, 0.4) is 0 Å². The second kappa shape index (κ2) is 8.03. The number of tetrazole rings is 1. The van der Waals surface area contributed by atoms with E-state index in [1.54, 1.807) is 16.8 Å². The molecule has 0 saturated carbocycles. The zero-order valence-corrected chi connectivity index (χ0v) is 17.3. The lowest BCUT2D eigenvalue weighted by Gasteiger charge is -2.23. The Hall–Kier alpha value is -3.39. The van der Waals surface area contributed by atoms with E-state index in [4.69, 9.17) is 0 Å². The van der Waals surface area contributed by atoms with E-state index in [9.17, 15) is 9.18 Å². The van der Waals surface area contributed by atoms with Crippen LogP contribution in [0.4, 0.5) is 4.39 Å². The van der Waals surface area contributed by atoms with Gasteiger partial charge in [-0.05, 0) is 58.6 Å². The first-order valence-corrected chi connectivity index (χ1v) is 10.6. The van der Waals surface area contributed by atoms with Crippen molar-refractivity contribution in [3.05, 3.63) is 87.2 Å². The van der Waals surface area contributed by atoms with Gasteiger partial charge in [0, 0.05) is 18.4 Å². The second-order valence-corrected chi connectivity index (χ2v) is 8.26. The third-order valence-corrected chi connectivity index (χ3v) is 6.06. The largest absolute Gasteiger partial charge is 0.322 e. The smallest absolute Gasteiger partial charge is 0.258 e. The van der Waals surface area contributed by atoms with Gasteiger partial charge < -0.3 is 9.88 Å². The first kappa shape index (κ1) is 19.6. The van der Waals surface area contributed by atoms with Crippen molar-refractivity contribution in [3.63, 3.8) is 0 Å². The van der Waals surface area contributed by atoms with Gasteiger partial charge in [0.25, 0.3) is 5.56 Å². The number of aromatic nitrogens is 5. The molecule has 0 unspecified atom stereocenters. The fourth-order valence-corrected chi connectivity index (χ4v) is 4.51. The monoisotopic (exact) mass is 419 g/mol. The number of H-pyrrole nitrogens is 1. The van der Waals surface area contributed by atoms with E-state index >= 15 is 0 Å². The number of aryl methyl sites for hydroxylation is 1. The van der Waals surface area contributed by atoms with E-state index in [-0.39, 0.29) is 17.4 Å². The van der Waals surface area contributed by atoms with Crippen molar-refractivity contribution >= 4 is 10.9 Å². The summed E-state index contributed by atoms with van der Waals surface area (Å²) < 4.78 is 15.0. The number of benzene rings is 2. The Balaban J connectivity index is 1.61. The molecule has 1 atom stereocenters. The highest BCUT2D eigenvalue weighted by Gasteiger charge is 2.35. The number of nitrogens with one attached hydrogen (secondary N) is 2. The minimum absolute atomic E-state index is 0.114. The Bertz CT molecular complexity index is 1270. The molecule has 0 radical (unpaired) electrons. The predicted octanol–water partition coefficient (Wildman–Crippen LogP) is 1.78. The maximum atomic E-state index is 13.3. The van der Waals surface area contributed by atoms with Crippen molar-refractivity contribution in [3.8, 4) is 0 Å². The third kappa shape index (κ3) is 3.86. The number of quaternary nitrogens is 1. The summed E-state index contributed by atoms with van der Waals surface area (Å²) >= 11 is 0. The van der Waals surface area contributed by atoms with Gasteiger partial charge in [0.2, 0.25) is 5.82 Å². The minimum Gasteiger partial charge on any atom is -0.322 e. The fourth-order valence-electron chi connectivity index (χ4n) is 4.51. The van der Waals surface area contributed by atoms with Gasteiger partial charge in [-0.1, -0.05) is 23.8 Å². The summed E-state index contributed by atoms with van der Waals surface area (Å²) in [5.41, 5.74) is 3.41. The van der Waals surface area contributed by atoms with Crippen molar-refractivity contribution in [2.24, 2.45) is 0 Å². The van der Waals surface area contributed by atoms with Crippen LogP contribution in [0.15, 0.2) is 53.3 Å². The lowest BCUT2D eigenvalue weighted by atomic mass is 10.0. The van der Waals surface area contributed by atoms with E-state index < -0.39 is 0 Å². The number of nitrogens with zero attached hydrogens (tertiary/aromatic N) is 4. The van der Waals surface area contributed by atoms with E-state index in [2.05, 4.69) is 26.6 Å². The van der Waals surface area contributed by atoms with Crippen LogP contribution in [0, 0.1) is 12.7 Å². The molecule has 0 bridgehead atoms. The first-order valence-electron chi connectivity index (χ1n) is 10.6. The Morgan fingerprint density at radius 3 is 2.68 bits per heavy atom. The molecule has 1 fully saturated rings. The normalized spacial score (nSPS) is 15.5. The number of fused-ring (bicyclic) bond motifs is 1. The van der Waals surface area contributed by atoms with Crippen LogP contribution in [-0.4, -0.2) is 38.3 Å². The van der Waals surface area contributed by atoms with Gasteiger partial charge in [-0.25, -0.2) is 9.07 Å². The van der Waals surface area contributed by atoms with Crippen molar-refractivity contribution in [1.82, 2.24) is 25.2 Å². The maximum absolute atomic E-state index is 13.3. The molecule has 0 spiro atoms. The fraction of sp³-hybridized carbons (Fsp3) is 0.304. The molecule has 3 heterocycles. The molecule has 31 heavy (non-hydrogen) atoms. The summed E-state index contributed by atoms with van der Waals surface area (Å²) in [5.74, 6) is 0.372. The van der Waals surface area contributed by atoms with Gasteiger partial charge >= 0.3 is 0 Å². The van der Waals surface area contributed by atoms with Crippen molar-refractivity contribution in [1.29, 1.82) is 0 Å². The van der Waals surface area contributed by atoms with Gasteiger partial charge in [-0.15, -0.1) is 5.10 Å². The maximum Gasteiger partial charge on any atom is 0.258 e. The summed E-state index contributed by atoms with van der Waals surface area (Å²) in [5, 5.41) is 13.5. The lowest BCUT2D eigenvalue weighted by molar-refractivity contribution is -0.914. The van der Waals surface area contributed by atoms with E-state index in [1.807, 2.05) is 25.1 Å². The van der Waals surface area contributed by atoms with Gasteiger partial charge in [0.05, 0.1) is 25.2 Å². The number of hydrogen-bond donors (Lipinski definition) is 2.